The van der Waals surface area contributed by atoms with Crippen molar-refractivity contribution in [3.05, 3.63) is 59.9 Å². The van der Waals surface area contributed by atoms with Crippen molar-refractivity contribution >= 4 is 66.6 Å². The molecule has 10 nitrogen and oxygen atoms in total. The molecular weight excluding hydrogens is 636 g/mol. The van der Waals surface area contributed by atoms with E-state index in [1.54, 1.807) is 0 Å². The average molecular weight is 667 g/mol. The molecule has 6 heterocycles. The Kier molecular flexibility index (Phi) is 4.68. The van der Waals surface area contributed by atoms with Crippen LogP contribution in [0.3, 0.4) is 0 Å². The maximum atomic E-state index is 6.33. The van der Waals surface area contributed by atoms with Crippen molar-refractivity contribution in [3.63, 3.8) is 0 Å². The Morgan fingerprint density at radius 1 is 0.420 bits per heavy atom. The van der Waals surface area contributed by atoms with Gasteiger partial charge in [0.05, 0.1) is 50.1 Å². The summed E-state index contributed by atoms with van der Waals surface area (Å²) in [7, 11) is 8.92. The van der Waals surface area contributed by atoms with Gasteiger partial charge in [-0.1, -0.05) is 0 Å². The molecule has 6 aliphatic heterocycles. The first-order chi connectivity index (χ1) is 24.3. The highest BCUT2D eigenvalue weighted by molar-refractivity contribution is 6.34. The van der Waals surface area contributed by atoms with Gasteiger partial charge in [0, 0.05) is 32.3 Å². The van der Waals surface area contributed by atoms with Gasteiger partial charge in [-0.3, -0.25) is 8.97 Å². The molecule has 50 heavy (non-hydrogen) atoms. The van der Waals surface area contributed by atoms with Crippen LogP contribution < -0.4 is 46.9 Å². The highest BCUT2D eigenvalue weighted by Gasteiger charge is 2.43. The molecule has 0 saturated carbocycles. The molecule has 0 aliphatic carbocycles. The van der Waals surface area contributed by atoms with Gasteiger partial charge < -0.3 is 37.9 Å². The number of rotatable bonds is 1. The molecule has 6 aromatic carbocycles. The molecule has 246 valence electrons. The lowest BCUT2D eigenvalue weighted by molar-refractivity contribution is 0.174. The Balaban J connectivity index is 1.40. The second-order valence-electron chi connectivity index (χ2n) is 14.5. The highest BCUT2D eigenvalue weighted by atomic mass is 16.7. The Hall–Kier alpha value is -5.84. The van der Waals surface area contributed by atoms with Crippen LogP contribution in [0.2, 0.25) is 0 Å². The fourth-order valence-corrected chi connectivity index (χ4v) is 9.08. The zero-order valence-electron chi connectivity index (χ0n) is 27.8. The monoisotopic (exact) mass is 666 g/mol. The lowest BCUT2D eigenvalue weighted by Gasteiger charge is -2.36. The first kappa shape index (κ1) is 27.0. The van der Waals surface area contributed by atoms with Crippen LogP contribution >= 0.6 is 0 Å². The summed E-state index contributed by atoms with van der Waals surface area (Å²) in [6.45, 7) is 0.605. The fourth-order valence-electron chi connectivity index (χ4n) is 9.08. The minimum absolute atomic E-state index is 0.145. The number of nitrogens with zero attached hydrogens (tertiary/aromatic N) is 2. The van der Waals surface area contributed by atoms with E-state index in [2.05, 4.69) is 77.0 Å². The fraction of sp³-hybridized carbons (Fsp3) is 0.200. The van der Waals surface area contributed by atoms with Crippen molar-refractivity contribution in [1.29, 1.82) is 0 Å². The van der Waals surface area contributed by atoms with Crippen LogP contribution in [0.5, 0.6) is 46.0 Å². The number of ether oxygens (including phenoxy) is 8. The molecule has 0 saturated heterocycles. The predicted molar refractivity (Wildman–Crippen MR) is 192 cm³/mol. The van der Waals surface area contributed by atoms with Crippen molar-refractivity contribution in [2.24, 2.45) is 0 Å². The van der Waals surface area contributed by atoms with Gasteiger partial charge in [0.15, 0.2) is 57.4 Å². The van der Waals surface area contributed by atoms with Crippen LogP contribution in [0.25, 0.3) is 66.4 Å². The van der Waals surface area contributed by atoms with Gasteiger partial charge >= 0.3 is 0 Å². The van der Waals surface area contributed by atoms with E-state index < -0.39 is 0 Å². The number of benzene rings is 6. The SMILES string of the molecule is C[N+]1(C)C=Cc2cc3c(c4c2c1c(-c1c2c5c(cc6c(c5c5c7c(ccc15)OCO7)OCO6)C=C[N+]2(C)C)c1ccc2c(c14)OCO2)OCO3. The minimum atomic E-state index is 0.145. The van der Waals surface area contributed by atoms with Gasteiger partial charge in [-0.15, -0.1) is 0 Å². The smallest absolute Gasteiger partial charge is 0.231 e. The highest BCUT2D eigenvalue weighted by Crippen LogP contribution is 2.63. The Labute approximate surface area is 285 Å². The summed E-state index contributed by atoms with van der Waals surface area (Å²) in [5.74, 6) is 5.73. The molecule has 0 amide bonds. The van der Waals surface area contributed by atoms with Gasteiger partial charge in [0.25, 0.3) is 0 Å². The van der Waals surface area contributed by atoms with Gasteiger partial charge in [-0.2, -0.15) is 0 Å². The Bertz CT molecular complexity index is 2540. The van der Waals surface area contributed by atoms with E-state index in [0.717, 1.165) is 99.7 Å². The molecule has 6 aromatic rings. The molecule has 6 aliphatic rings. The summed E-state index contributed by atoms with van der Waals surface area (Å²) >= 11 is 0. The minimum Gasteiger partial charge on any atom is -0.454 e. The summed E-state index contributed by atoms with van der Waals surface area (Å²) < 4.78 is 50.3. The van der Waals surface area contributed by atoms with E-state index in [1.165, 1.54) is 0 Å². The molecule has 0 unspecified atom stereocenters. The summed E-state index contributed by atoms with van der Waals surface area (Å²) in [6, 6.07) is 12.6. The molecule has 12 rings (SSSR count). The molecular formula is C40H30N2O8+2. The normalized spacial score (nSPS) is 18.7. The summed E-state index contributed by atoms with van der Waals surface area (Å²) in [4.78, 5) is 0. The van der Waals surface area contributed by atoms with Crippen LogP contribution in [-0.4, -0.2) is 55.4 Å². The van der Waals surface area contributed by atoms with Crippen LogP contribution in [0.15, 0.2) is 48.8 Å². The number of fused-ring (bicyclic) bond motifs is 12. The van der Waals surface area contributed by atoms with Crippen molar-refractivity contribution in [2.75, 3.05) is 55.4 Å². The third-order valence-corrected chi connectivity index (χ3v) is 11.1. The predicted octanol–water partition coefficient (Wildman–Crippen LogP) is 7.98. The second-order valence-corrected chi connectivity index (χ2v) is 14.5. The van der Waals surface area contributed by atoms with Crippen LogP contribution in [0.4, 0.5) is 11.4 Å². The topological polar surface area (TPSA) is 73.8 Å². The van der Waals surface area contributed by atoms with E-state index in [9.17, 15) is 0 Å². The molecule has 0 radical (unpaired) electrons. The molecule has 0 spiro atoms. The van der Waals surface area contributed by atoms with E-state index in [4.69, 9.17) is 37.9 Å². The Morgan fingerprint density at radius 3 is 1.22 bits per heavy atom. The maximum Gasteiger partial charge on any atom is 0.231 e. The zero-order chi connectivity index (χ0) is 33.3. The first-order valence-electron chi connectivity index (χ1n) is 16.7. The first-order valence-corrected chi connectivity index (χ1v) is 16.7. The van der Waals surface area contributed by atoms with Gasteiger partial charge in [0.2, 0.25) is 27.2 Å². The number of hydrogen-bond donors (Lipinski definition) is 0. The standard InChI is InChI=1S/C40H30N2O8/c1-41(2)11-9-19-13-25-39(49-17-45-25)33-27(19)35(41)29(21-5-7-23-37(31(21)33)47-15-43-23)30-22-6-8-24-38(48-16-44-24)32(22)34-28-20(10-12-42(3,4)36(28)30)14-26-40(34)50-18-46-26/h5-14H,15-18H2,1-4H3/q+2. The Morgan fingerprint density at radius 2 is 0.800 bits per heavy atom. The maximum absolute atomic E-state index is 6.33. The van der Waals surface area contributed by atoms with Crippen molar-refractivity contribution in [2.45, 2.75) is 0 Å². The van der Waals surface area contributed by atoms with E-state index in [0.29, 0.717) is 32.0 Å². The van der Waals surface area contributed by atoms with Crippen LogP contribution in [0, 0.1) is 0 Å². The second kappa shape index (κ2) is 8.65. The summed E-state index contributed by atoms with van der Waals surface area (Å²) in [6.07, 6.45) is 8.87. The van der Waals surface area contributed by atoms with E-state index in [-0.39, 0.29) is 27.2 Å². The van der Waals surface area contributed by atoms with Crippen molar-refractivity contribution in [3.8, 4) is 57.1 Å². The quantitative estimate of drug-likeness (QED) is 0.129. The number of quaternary nitrogens is 2. The third kappa shape index (κ3) is 3.08. The third-order valence-electron chi connectivity index (χ3n) is 11.1. The molecule has 10 heteroatoms. The molecule has 0 atom stereocenters. The van der Waals surface area contributed by atoms with Crippen LogP contribution in [0.1, 0.15) is 11.1 Å². The molecule has 0 aromatic heterocycles. The summed E-state index contributed by atoms with van der Waals surface area (Å²) in [5.41, 5.74) is 6.62. The molecule has 0 N–H and O–H groups in total. The van der Waals surface area contributed by atoms with Gasteiger partial charge in [0.1, 0.15) is 12.4 Å². The van der Waals surface area contributed by atoms with Gasteiger partial charge in [-0.05, 0) is 59.7 Å². The van der Waals surface area contributed by atoms with Crippen molar-refractivity contribution in [1.82, 2.24) is 8.97 Å². The van der Waals surface area contributed by atoms with Crippen LogP contribution in [-0.2, 0) is 0 Å². The van der Waals surface area contributed by atoms with Crippen molar-refractivity contribution < 1.29 is 37.9 Å². The van der Waals surface area contributed by atoms with E-state index >= 15 is 0 Å². The summed E-state index contributed by atoms with van der Waals surface area (Å²) in [5, 5.41) is 8.06. The lowest BCUT2D eigenvalue weighted by atomic mass is 9.80. The largest absolute Gasteiger partial charge is 0.454 e. The molecule has 0 bridgehead atoms. The molecule has 0 fully saturated rings. The number of hydrogen-bond acceptors (Lipinski definition) is 8. The zero-order valence-corrected chi connectivity index (χ0v) is 27.8. The van der Waals surface area contributed by atoms with Gasteiger partial charge in [-0.25, -0.2) is 0 Å². The van der Waals surface area contributed by atoms with E-state index in [1.807, 2.05) is 12.1 Å². The lowest BCUT2D eigenvalue weighted by Crippen LogP contribution is -2.37. The average Bonchev–Trinajstić information content (AvgIpc) is 3.93.